The third kappa shape index (κ3) is 1.77. The quantitative estimate of drug-likeness (QED) is 0.485. The first-order valence-electron chi connectivity index (χ1n) is 3.53. The van der Waals surface area contributed by atoms with Crippen molar-refractivity contribution >= 4 is 5.84 Å². The van der Waals surface area contributed by atoms with Crippen molar-refractivity contribution in [2.45, 2.75) is 13.3 Å². The fourth-order valence-corrected chi connectivity index (χ4v) is 0.793. The van der Waals surface area contributed by atoms with Crippen LogP contribution in [0, 0.1) is 5.41 Å². The van der Waals surface area contributed by atoms with Gasteiger partial charge in [-0.25, -0.2) is 0 Å². The summed E-state index contributed by atoms with van der Waals surface area (Å²) in [6.07, 6.45) is 2.54. The molecule has 1 heterocycles. The van der Waals surface area contributed by atoms with E-state index < -0.39 is 0 Å². The molecule has 3 heteroatoms. The van der Waals surface area contributed by atoms with Crippen LogP contribution in [0.1, 0.15) is 18.2 Å². The summed E-state index contributed by atoms with van der Waals surface area (Å²) < 4.78 is 0. The van der Waals surface area contributed by atoms with Gasteiger partial charge in [-0.2, -0.15) is 0 Å². The zero-order valence-corrected chi connectivity index (χ0v) is 6.46. The van der Waals surface area contributed by atoms with Gasteiger partial charge in [-0.15, -0.1) is 0 Å². The van der Waals surface area contributed by atoms with Crippen LogP contribution < -0.4 is 5.73 Å². The molecule has 0 aliphatic rings. The van der Waals surface area contributed by atoms with Gasteiger partial charge in [-0.1, -0.05) is 6.92 Å². The Morgan fingerprint density at radius 2 is 2.36 bits per heavy atom. The van der Waals surface area contributed by atoms with Gasteiger partial charge in [0.1, 0.15) is 5.84 Å². The molecule has 0 saturated heterocycles. The van der Waals surface area contributed by atoms with Crippen molar-refractivity contribution in [2.75, 3.05) is 0 Å². The molecule has 0 aliphatic heterocycles. The van der Waals surface area contributed by atoms with Gasteiger partial charge in [-0.3, -0.25) is 10.4 Å². The molecule has 3 nitrogen and oxygen atoms in total. The molecule has 0 bridgehead atoms. The Kier molecular flexibility index (Phi) is 2.21. The average Bonchev–Trinajstić information content (AvgIpc) is 2.05. The zero-order chi connectivity index (χ0) is 8.27. The number of nitrogens with zero attached hydrogens (tertiary/aromatic N) is 1. The summed E-state index contributed by atoms with van der Waals surface area (Å²) in [5.41, 5.74) is 6.95. The third-order valence-electron chi connectivity index (χ3n) is 1.50. The van der Waals surface area contributed by atoms with E-state index in [1.54, 1.807) is 6.20 Å². The van der Waals surface area contributed by atoms with E-state index >= 15 is 0 Å². The summed E-state index contributed by atoms with van der Waals surface area (Å²) in [4.78, 5) is 4.10. The predicted molar refractivity (Wildman–Crippen MR) is 44.6 cm³/mol. The SMILES string of the molecule is CCc1ccc(C(=N)N)cn1. The number of hydrogen-bond donors (Lipinski definition) is 2. The lowest BCUT2D eigenvalue weighted by Gasteiger charge is -1.97. The van der Waals surface area contributed by atoms with Gasteiger partial charge in [0.2, 0.25) is 0 Å². The smallest absolute Gasteiger partial charge is 0.124 e. The summed E-state index contributed by atoms with van der Waals surface area (Å²) in [5, 5.41) is 7.10. The van der Waals surface area contributed by atoms with Crippen molar-refractivity contribution < 1.29 is 0 Å². The molecule has 1 aromatic rings. The van der Waals surface area contributed by atoms with E-state index in [1.165, 1.54) is 0 Å². The Morgan fingerprint density at radius 1 is 1.64 bits per heavy atom. The molecule has 58 valence electrons. The van der Waals surface area contributed by atoms with Crippen LogP contribution in [0.2, 0.25) is 0 Å². The van der Waals surface area contributed by atoms with Crippen LogP contribution in [0.25, 0.3) is 0 Å². The average molecular weight is 149 g/mol. The highest BCUT2D eigenvalue weighted by atomic mass is 14.7. The molecule has 0 spiro atoms. The molecule has 0 saturated carbocycles. The zero-order valence-electron chi connectivity index (χ0n) is 6.46. The van der Waals surface area contributed by atoms with Gasteiger partial charge >= 0.3 is 0 Å². The van der Waals surface area contributed by atoms with E-state index in [0.717, 1.165) is 12.1 Å². The Balaban J connectivity index is 2.91. The van der Waals surface area contributed by atoms with Gasteiger partial charge in [0.25, 0.3) is 0 Å². The summed E-state index contributed by atoms with van der Waals surface area (Å²) >= 11 is 0. The van der Waals surface area contributed by atoms with E-state index in [4.69, 9.17) is 11.1 Å². The van der Waals surface area contributed by atoms with Crippen LogP contribution in [-0.2, 0) is 6.42 Å². The van der Waals surface area contributed by atoms with Gasteiger partial charge in [0.15, 0.2) is 0 Å². The van der Waals surface area contributed by atoms with E-state index in [-0.39, 0.29) is 5.84 Å². The summed E-state index contributed by atoms with van der Waals surface area (Å²) in [5.74, 6) is 0.0696. The monoisotopic (exact) mass is 149 g/mol. The number of hydrogen-bond acceptors (Lipinski definition) is 2. The lowest BCUT2D eigenvalue weighted by Crippen LogP contribution is -2.11. The van der Waals surface area contributed by atoms with E-state index in [2.05, 4.69) is 4.98 Å². The second-order valence-corrected chi connectivity index (χ2v) is 2.31. The Hall–Kier alpha value is -1.38. The Labute approximate surface area is 65.8 Å². The molecule has 1 aromatic heterocycles. The van der Waals surface area contributed by atoms with Gasteiger partial charge in [0.05, 0.1) is 0 Å². The number of aryl methyl sites for hydroxylation is 1. The molecule has 0 aromatic carbocycles. The van der Waals surface area contributed by atoms with E-state index in [1.807, 2.05) is 19.1 Å². The predicted octanol–water partition coefficient (Wildman–Crippen LogP) is 0.928. The van der Waals surface area contributed by atoms with E-state index in [0.29, 0.717) is 5.56 Å². The molecule has 0 unspecified atom stereocenters. The molecule has 0 aliphatic carbocycles. The summed E-state index contributed by atoms with van der Waals surface area (Å²) in [6, 6.07) is 3.70. The maximum Gasteiger partial charge on any atom is 0.124 e. The minimum absolute atomic E-state index is 0.0696. The second-order valence-electron chi connectivity index (χ2n) is 2.31. The number of nitrogen functional groups attached to an aromatic ring is 1. The van der Waals surface area contributed by atoms with Crippen molar-refractivity contribution in [1.29, 1.82) is 5.41 Å². The Morgan fingerprint density at radius 3 is 2.73 bits per heavy atom. The molecule has 0 fully saturated rings. The Bertz CT molecular complexity index is 251. The van der Waals surface area contributed by atoms with Crippen molar-refractivity contribution in [2.24, 2.45) is 5.73 Å². The first kappa shape index (κ1) is 7.72. The fraction of sp³-hybridized carbons (Fsp3) is 0.250. The fourth-order valence-electron chi connectivity index (χ4n) is 0.793. The topological polar surface area (TPSA) is 62.8 Å². The van der Waals surface area contributed by atoms with Gasteiger partial charge in [-0.05, 0) is 18.6 Å². The van der Waals surface area contributed by atoms with Crippen LogP contribution in [0.3, 0.4) is 0 Å². The molecule has 11 heavy (non-hydrogen) atoms. The van der Waals surface area contributed by atoms with Crippen LogP contribution in [-0.4, -0.2) is 10.8 Å². The highest BCUT2D eigenvalue weighted by molar-refractivity contribution is 5.94. The standard InChI is InChI=1S/C8H11N3/c1-2-7-4-3-6(5-11-7)8(9)10/h3-5H,2H2,1H3,(H3,9,10). The van der Waals surface area contributed by atoms with Crippen LogP contribution >= 0.6 is 0 Å². The first-order chi connectivity index (χ1) is 5.24. The van der Waals surface area contributed by atoms with E-state index in [9.17, 15) is 0 Å². The minimum Gasteiger partial charge on any atom is -0.384 e. The molecule has 0 atom stereocenters. The number of nitrogens with one attached hydrogen (secondary N) is 1. The largest absolute Gasteiger partial charge is 0.384 e. The number of amidine groups is 1. The summed E-state index contributed by atoms with van der Waals surface area (Å²) in [7, 11) is 0. The maximum atomic E-state index is 7.10. The van der Waals surface area contributed by atoms with Crippen molar-refractivity contribution in [3.63, 3.8) is 0 Å². The highest BCUT2D eigenvalue weighted by Gasteiger charge is 1.95. The minimum atomic E-state index is 0.0696. The normalized spacial score (nSPS) is 9.55. The number of nitrogens with two attached hydrogens (primary N) is 1. The maximum absolute atomic E-state index is 7.10. The van der Waals surface area contributed by atoms with Crippen LogP contribution in [0.5, 0.6) is 0 Å². The number of aromatic nitrogens is 1. The molecule has 3 N–H and O–H groups in total. The lowest BCUT2D eigenvalue weighted by molar-refractivity contribution is 1.03. The molecule has 0 amide bonds. The van der Waals surface area contributed by atoms with Crippen LogP contribution in [0.15, 0.2) is 18.3 Å². The lowest BCUT2D eigenvalue weighted by atomic mass is 10.2. The van der Waals surface area contributed by atoms with Crippen LogP contribution in [0.4, 0.5) is 0 Å². The molecule has 0 radical (unpaired) electrons. The van der Waals surface area contributed by atoms with Crippen molar-refractivity contribution in [3.8, 4) is 0 Å². The van der Waals surface area contributed by atoms with Crippen molar-refractivity contribution in [3.05, 3.63) is 29.6 Å². The van der Waals surface area contributed by atoms with Crippen molar-refractivity contribution in [1.82, 2.24) is 4.98 Å². The molecular weight excluding hydrogens is 138 g/mol. The third-order valence-corrected chi connectivity index (χ3v) is 1.50. The number of pyridine rings is 1. The second kappa shape index (κ2) is 3.14. The summed E-state index contributed by atoms with van der Waals surface area (Å²) in [6.45, 7) is 2.04. The first-order valence-corrected chi connectivity index (χ1v) is 3.53. The number of rotatable bonds is 2. The molecular formula is C8H11N3. The van der Waals surface area contributed by atoms with Gasteiger partial charge in [0, 0.05) is 17.5 Å². The van der Waals surface area contributed by atoms with Gasteiger partial charge < -0.3 is 5.73 Å². The highest BCUT2D eigenvalue weighted by Crippen LogP contribution is 1.99. The molecule has 1 rings (SSSR count).